The molecular formula is C18H23F3N6O3. The number of nitrogens with two attached hydrogens (primary N) is 1. The Bertz CT molecular complexity index is 866. The molecule has 0 spiro atoms. The fourth-order valence-corrected chi connectivity index (χ4v) is 4.65. The first-order valence-electron chi connectivity index (χ1n) is 9.98. The fourth-order valence-electron chi connectivity index (χ4n) is 4.65. The number of rotatable bonds is 5. The summed E-state index contributed by atoms with van der Waals surface area (Å²) in [4.78, 5) is 39.4. The van der Waals surface area contributed by atoms with Gasteiger partial charge in [0.15, 0.2) is 5.69 Å². The number of likely N-dealkylation sites (tertiary alicyclic amines) is 2. The number of alkyl halides is 3. The molecule has 0 aromatic carbocycles. The third kappa shape index (κ3) is 3.52. The molecule has 9 nitrogen and oxygen atoms in total. The molecule has 3 fully saturated rings. The van der Waals surface area contributed by atoms with Crippen LogP contribution in [0.2, 0.25) is 0 Å². The van der Waals surface area contributed by atoms with Gasteiger partial charge in [-0.05, 0) is 38.0 Å². The van der Waals surface area contributed by atoms with Crippen LogP contribution in [0.3, 0.4) is 0 Å². The molecule has 0 bridgehead atoms. The number of hydrogen-bond acceptors (Lipinski definition) is 5. The Morgan fingerprint density at radius 3 is 2.57 bits per heavy atom. The number of hydrogen-bond donors (Lipinski definition) is 1. The number of carbonyl (C=O) groups excluding carboxylic acids is 3. The van der Waals surface area contributed by atoms with E-state index in [1.165, 1.54) is 15.8 Å². The monoisotopic (exact) mass is 428 g/mol. The van der Waals surface area contributed by atoms with Crippen molar-refractivity contribution >= 4 is 17.7 Å². The summed E-state index contributed by atoms with van der Waals surface area (Å²) in [5.41, 5.74) is 2.99. The lowest BCUT2D eigenvalue weighted by Gasteiger charge is -2.30. The highest BCUT2D eigenvalue weighted by Crippen LogP contribution is 2.59. The molecule has 3 aliphatic rings. The Hall–Kier alpha value is -2.66. The molecule has 4 rings (SSSR count). The van der Waals surface area contributed by atoms with Crippen LogP contribution in [0.15, 0.2) is 6.20 Å². The lowest BCUT2D eigenvalue weighted by atomic mass is 9.96. The molecule has 0 radical (unpaired) electrons. The van der Waals surface area contributed by atoms with Crippen LogP contribution in [0.4, 0.5) is 13.2 Å². The normalized spacial score (nSPS) is 25.6. The van der Waals surface area contributed by atoms with Gasteiger partial charge in [-0.2, -0.15) is 13.2 Å². The van der Waals surface area contributed by atoms with Gasteiger partial charge in [-0.3, -0.25) is 14.4 Å². The van der Waals surface area contributed by atoms with Gasteiger partial charge in [-0.1, -0.05) is 5.21 Å². The van der Waals surface area contributed by atoms with Gasteiger partial charge in [0.05, 0.1) is 6.20 Å². The maximum atomic E-state index is 13.3. The Balaban J connectivity index is 1.42. The quantitative estimate of drug-likeness (QED) is 0.736. The number of primary amides is 1. The van der Waals surface area contributed by atoms with E-state index in [0.29, 0.717) is 13.0 Å². The van der Waals surface area contributed by atoms with Crippen LogP contribution < -0.4 is 5.73 Å². The molecule has 2 atom stereocenters. The van der Waals surface area contributed by atoms with E-state index in [1.807, 2.05) is 0 Å². The van der Waals surface area contributed by atoms with Crippen molar-refractivity contribution in [1.29, 1.82) is 0 Å². The van der Waals surface area contributed by atoms with E-state index in [1.54, 1.807) is 4.90 Å². The largest absolute Gasteiger partial charge is 0.403 e. The molecule has 12 heteroatoms. The van der Waals surface area contributed by atoms with Crippen LogP contribution in [0.25, 0.3) is 0 Å². The number of nitrogens with zero attached hydrogens (tertiary/aromatic N) is 5. The van der Waals surface area contributed by atoms with Gasteiger partial charge in [0.2, 0.25) is 11.8 Å². The average Bonchev–Trinajstić information content (AvgIpc) is 3.04. The second-order valence-electron chi connectivity index (χ2n) is 8.36. The molecule has 164 valence electrons. The van der Waals surface area contributed by atoms with Gasteiger partial charge < -0.3 is 15.5 Å². The summed E-state index contributed by atoms with van der Waals surface area (Å²) in [6, 6.07) is -0.169. The highest BCUT2D eigenvalue weighted by molar-refractivity contribution is 5.92. The standard InChI is InChI=1S/C18H23F3N6O3/c19-18(20,21)17(4-5-17)16(30)25-7-3-11(8-25)13-2-1-6-27(13)15(29)12-9-26(24-23-12)10-14(22)28/h9,11,13H,1-8,10H2,(H2,22,28). The number of aromatic nitrogens is 3. The molecule has 2 N–H and O–H groups in total. The maximum absolute atomic E-state index is 13.3. The van der Waals surface area contributed by atoms with Crippen LogP contribution in [-0.4, -0.2) is 74.4 Å². The molecule has 1 saturated carbocycles. The van der Waals surface area contributed by atoms with Gasteiger partial charge in [-0.15, -0.1) is 5.10 Å². The predicted octanol–water partition coefficient (Wildman–Crippen LogP) is 0.559. The Kier molecular flexibility index (Phi) is 4.97. The van der Waals surface area contributed by atoms with Crippen molar-refractivity contribution < 1.29 is 27.6 Å². The van der Waals surface area contributed by atoms with E-state index in [-0.39, 0.29) is 56.0 Å². The summed E-state index contributed by atoms with van der Waals surface area (Å²) in [5, 5.41) is 7.53. The smallest absolute Gasteiger partial charge is 0.368 e. The summed E-state index contributed by atoms with van der Waals surface area (Å²) in [6.07, 6.45) is -1.41. The topological polar surface area (TPSA) is 114 Å². The van der Waals surface area contributed by atoms with E-state index in [9.17, 15) is 27.6 Å². The molecule has 2 unspecified atom stereocenters. The highest BCUT2D eigenvalue weighted by atomic mass is 19.4. The number of amides is 3. The van der Waals surface area contributed by atoms with Crippen molar-refractivity contribution in [2.24, 2.45) is 17.1 Å². The summed E-state index contributed by atoms with van der Waals surface area (Å²) < 4.78 is 41.1. The van der Waals surface area contributed by atoms with E-state index in [4.69, 9.17) is 5.73 Å². The molecule has 3 heterocycles. The lowest BCUT2D eigenvalue weighted by molar-refractivity contribution is -0.198. The van der Waals surface area contributed by atoms with Crippen molar-refractivity contribution in [2.45, 2.75) is 50.9 Å². The SMILES string of the molecule is NC(=O)Cn1cc(C(=O)N2CCCC2C2CCN(C(=O)C3(C(F)(F)F)CC3)C2)nn1. The summed E-state index contributed by atoms with van der Waals surface area (Å²) in [6.45, 7) is 0.807. The Morgan fingerprint density at radius 1 is 1.20 bits per heavy atom. The molecule has 1 aliphatic carbocycles. The molecule has 2 saturated heterocycles. The second-order valence-corrected chi connectivity index (χ2v) is 8.36. The summed E-state index contributed by atoms with van der Waals surface area (Å²) in [5.74, 6) is -1.86. The van der Waals surface area contributed by atoms with E-state index >= 15 is 0 Å². The molecule has 3 amide bonds. The first kappa shape index (κ1) is 20.6. The van der Waals surface area contributed by atoms with Crippen LogP contribution in [0.1, 0.15) is 42.6 Å². The first-order valence-corrected chi connectivity index (χ1v) is 9.98. The van der Waals surface area contributed by atoms with Crippen molar-refractivity contribution in [3.8, 4) is 0 Å². The number of halogens is 3. The zero-order chi connectivity index (χ0) is 21.7. The van der Waals surface area contributed by atoms with Crippen molar-refractivity contribution in [3.05, 3.63) is 11.9 Å². The second kappa shape index (κ2) is 7.24. The van der Waals surface area contributed by atoms with Gasteiger partial charge in [0.1, 0.15) is 12.0 Å². The van der Waals surface area contributed by atoms with Crippen LogP contribution in [0.5, 0.6) is 0 Å². The fraction of sp³-hybridized carbons (Fsp3) is 0.722. The lowest BCUT2D eigenvalue weighted by Crippen LogP contribution is -2.45. The minimum atomic E-state index is -4.52. The van der Waals surface area contributed by atoms with Crippen molar-refractivity contribution in [1.82, 2.24) is 24.8 Å². The number of carbonyl (C=O) groups is 3. The van der Waals surface area contributed by atoms with Gasteiger partial charge >= 0.3 is 6.18 Å². The van der Waals surface area contributed by atoms with Gasteiger partial charge in [0.25, 0.3) is 5.91 Å². The van der Waals surface area contributed by atoms with Crippen molar-refractivity contribution in [2.75, 3.05) is 19.6 Å². The van der Waals surface area contributed by atoms with E-state index in [2.05, 4.69) is 10.3 Å². The Labute approximate surface area is 170 Å². The van der Waals surface area contributed by atoms with Gasteiger partial charge in [-0.25, -0.2) is 4.68 Å². The minimum absolute atomic E-state index is 0.0786. The minimum Gasteiger partial charge on any atom is -0.368 e. The summed E-state index contributed by atoms with van der Waals surface area (Å²) in [7, 11) is 0. The summed E-state index contributed by atoms with van der Waals surface area (Å²) >= 11 is 0. The van der Waals surface area contributed by atoms with Crippen LogP contribution >= 0.6 is 0 Å². The Morgan fingerprint density at radius 2 is 1.93 bits per heavy atom. The zero-order valence-corrected chi connectivity index (χ0v) is 16.3. The maximum Gasteiger partial charge on any atom is 0.403 e. The molecule has 2 aliphatic heterocycles. The zero-order valence-electron chi connectivity index (χ0n) is 16.3. The van der Waals surface area contributed by atoms with Gasteiger partial charge in [0, 0.05) is 25.7 Å². The predicted molar refractivity (Wildman–Crippen MR) is 95.7 cm³/mol. The highest BCUT2D eigenvalue weighted by Gasteiger charge is 2.69. The molecule has 1 aromatic rings. The third-order valence-electron chi connectivity index (χ3n) is 6.39. The van der Waals surface area contributed by atoms with Crippen LogP contribution in [-0.2, 0) is 16.1 Å². The van der Waals surface area contributed by atoms with E-state index in [0.717, 1.165) is 12.8 Å². The molecule has 30 heavy (non-hydrogen) atoms. The van der Waals surface area contributed by atoms with E-state index < -0.39 is 23.4 Å². The first-order chi connectivity index (χ1) is 14.1. The molecule has 1 aromatic heterocycles. The third-order valence-corrected chi connectivity index (χ3v) is 6.39. The van der Waals surface area contributed by atoms with Crippen molar-refractivity contribution in [3.63, 3.8) is 0 Å². The average molecular weight is 428 g/mol. The molecular weight excluding hydrogens is 405 g/mol. The van der Waals surface area contributed by atoms with Crippen LogP contribution in [0, 0.1) is 11.3 Å².